The van der Waals surface area contributed by atoms with Gasteiger partial charge in [-0.25, -0.2) is 4.79 Å². The van der Waals surface area contributed by atoms with Crippen LogP contribution in [0.5, 0.6) is 0 Å². The molecule has 1 saturated heterocycles. The number of imide groups is 1. The number of urea groups is 1. The second kappa shape index (κ2) is 9.91. The van der Waals surface area contributed by atoms with E-state index in [-0.39, 0.29) is 11.9 Å². The van der Waals surface area contributed by atoms with Crippen LogP contribution in [-0.2, 0) is 4.79 Å². The quantitative estimate of drug-likeness (QED) is 0.635. The van der Waals surface area contributed by atoms with Crippen LogP contribution in [0.4, 0.5) is 10.7 Å². The van der Waals surface area contributed by atoms with Crippen LogP contribution in [-0.4, -0.2) is 51.1 Å². The van der Waals surface area contributed by atoms with Gasteiger partial charge in [0, 0.05) is 19.1 Å². The van der Waals surface area contributed by atoms with Crippen molar-refractivity contribution in [3.05, 3.63) is 29.3 Å². The molecule has 2 aliphatic rings. The van der Waals surface area contributed by atoms with Gasteiger partial charge in [0.25, 0.3) is 0 Å². The highest BCUT2D eigenvalue weighted by Gasteiger charge is 2.27. The maximum atomic E-state index is 12.6. The Morgan fingerprint density at radius 2 is 1.84 bits per heavy atom. The van der Waals surface area contributed by atoms with E-state index >= 15 is 0 Å². The number of anilines is 1. The number of carbonyl (C=O) groups is 2. The Hall–Kier alpha value is -2.26. The Labute approximate surface area is 191 Å². The Bertz CT molecular complexity index is 940. The summed E-state index contributed by atoms with van der Waals surface area (Å²) in [6.07, 6.45) is 6.36. The smallest absolute Gasteiger partial charge is 0.321 e. The largest absolute Gasteiger partial charge is 0.341 e. The summed E-state index contributed by atoms with van der Waals surface area (Å²) in [4.78, 5) is 27.0. The van der Waals surface area contributed by atoms with Crippen molar-refractivity contribution in [1.82, 2.24) is 25.4 Å². The highest BCUT2D eigenvalue weighted by Crippen LogP contribution is 2.33. The van der Waals surface area contributed by atoms with E-state index in [4.69, 9.17) is 11.6 Å². The number of hydrogen-bond acceptors (Lipinski definition) is 6. The van der Waals surface area contributed by atoms with Gasteiger partial charge in [0.1, 0.15) is 0 Å². The number of hydrogen-bond donors (Lipinski definition) is 2. The van der Waals surface area contributed by atoms with Gasteiger partial charge in [0.05, 0.1) is 16.0 Å². The van der Waals surface area contributed by atoms with Gasteiger partial charge in [0.15, 0.2) is 5.16 Å². The predicted octanol–water partition coefficient (Wildman–Crippen LogP) is 3.77. The van der Waals surface area contributed by atoms with E-state index in [1.165, 1.54) is 11.8 Å². The number of thioether (sulfide) groups is 1. The summed E-state index contributed by atoms with van der Waals surface area (Å²) < 4.78 is 1.90. The van der Waals surface area contributed by atoms with E-state index in [2.05, 4.69) is 25.7 Å². The second-order valence-corrected chi connectivity index (χ2v) is 9.68. The average molecular weight is 463 g/mol. The molecule has 1 aliphatic heterocycles. The van der Waals surface area contributed by atoms with Crippen molar-refractivity contribution in [2.45, 2.75) is 61.9 Å². The molecule has 1 aromatic carbocycles. The van der Waals surface area contributed by atoms with Gasteiger partial charge in [-0.15, -0.1) is 10.2 Å². The van der Waals surface area contributed by atoms with Gasteiger partial charge in [-0.1, -0.05) is 48.3 Å². The van der Waals surface area contributed by atoms with Crippen LogP contribution in [0.2, 0.25) is 5.02 Å². The summed E-state index contributed by atoms with van der Waals surface area (Å²) in [7, 11) is 0. The van der Waals surface area contributed by atoms with E-state index in [1.807, 2.05) is 28.8 Å². The number of rotatable bonds is 6. The molecule has 1 saturated carbocycles. The first-order chi connectivity index (χ1) is 15.0. The third-order valence-electron chi connectivity index (χ3n) is 5.68. The average Bonchev–Trinajstić information content (AvgIpc) is 3.50. The van der Waals surface area contributed by atoms with E-state index in [0.29, 0.717) is 10.2 Å². The zero-order valence-corrected chi connectivity index (χ0v) is 19.1. The number of halogens is 1. The van der Waals surface area contributed by atoms with Crippen molar-refractivity contribution in [2.75, 3.05) is 18.0 Å². The number of aromatic nitrogens is 3. The number of nitrogens with zero attached hydrogens (tertiary/aromatic N) is 4. The SMILES string of the molecule is CC(Sc1nnc(N2CCCC2)n1-c1ccccc1Cl)C(=O)NC(=O)NC1CCCC1. The van der Waals surface area contributed by atoms with E-state index in [9.17, 15) is 9.59 Å². The Kier molecular flexibility index (Phi) is 7.02. The van der Waals surface area contributed by atoms with Gasteiger partial charge < -0.3 is 10.2 Å². The molecule has 2 fully saturated rings. The molecule has 8 nitrogen and oxygen atoms in total. The number of benzene rings is 1. The zero-order valence-electron chi connectivity index (χ0n) is 17.5. The Morgan fingerprint density at radius 3 is 2.55 bits per heavy atom. The molecule has 3 amide bonds. The molecule has 2 aromatic rings. The minimum absolute atomic E-state index is 0.155. The normalized spacial score (nSPS) is 17.7. The van der Waals surface area contributed by atoms with Gasteiger partial charge in [-0.2, -0.15) is 0 Å². The lowest BCUT2D eigenvalue weighted by Crippen LogP contribution is -2.45. The van der Waals surface area contributed by atoms with Gasteiger partial charge in [-0.05, 0) is 44.7 Å². The number of carbonyl (C=O) groups excluding carboxylic acids is 2. The number of para-hydroxylation sites is 1. The lowest BCUT2D eigenvalue weighted by molar-refractivity contribution is -0.119. The molecule has 1 aromatic heterocycles. The fourth-order valence-electron chi connectivity index (χ4n) is 4.02. The van der Waals surface area contributed by atoms with E-state index in [1.54, 1.807) is 6.92 Å². The summed E-state index contributed by atoms with van der Waals surface area (Å²) in [5.41, 5.74) is 0.769. The summed E-state index contributed by atoms with van der Waals surface area (Å²) in [6, 6.07) is 7.24. The minimum atomic E-state index is -0.536. The van der Waals surface area contributed by atoms with Crippen LogP contribution in [0.3, 0.4) is 0 Å². The summed E-state index contributed by atoms with van der Waals surface area (Å²) >= 11 is 7.74. The number of amides is 3. The molecule has 10 heteroatoms. The molecule has 31 heavy (non-hydrogen) atoms. The third-order valence-corrected chi connectivity index (χ3v) is 7.04. The lowest BCUT2D eigenvalue weighted by atomic mass is 10.2. The van der Waals surface area contributed by atoms with Crippen LogP contribution in [0.25, 0.3) is 5.69 Å². The standard InChI is InChI=1S/C21H27ClN6O2S/c1-14(18(29)24-19(30)23-15-8-2-3-9-15)31-21-26-25-20(27-12-6-7-13-27)28(21)17-11-5-4-10-16(17)22/h4-5,10-11,14-15H,2-3,6-9,12-13H2,1H3,(H2,23,24,29,30). The predicted molar refractivity (Wildman–Crippen MR) is 122 cm³/mol. The molecular formula is C21H27ClN6O2S. The van der Waals surface area contributed by atoms with Gasteiger partial charge in [-0.3, -0.25) is 14.7 Å². The van der Waals surface area contributed by atoms with Crippen LogP contribution in [0.1, 0.15) is 45.4 Å². The topological polar surface area (TPSA) is 92.2 Å². The van der Waals surface area contributed by atoms with Crippen LogP contribution < -0.4 is 15.5 Å². The Balaban J connectivity index is 1.50. The summed E-state index contributed by atoms with van der Waals surface area (Å²) in [5.74, 6) is 0.358. The molecule has 1 aliphatic carbocycles. The molecule has 4 rings (SSSR count). The fourth-order valence-corrected chi connectivity index (χ4v) is 5.10. The molecule has 2 N–H and O–H groups in total. The highest BCUT2D eigenvalue weighted by atomic mass is 35.5. The van der Waals surface area contributed by atoms with Crippen molar-refractivity contribution >= 4 is 41.2 Å². The highest BCUT2D eigenvalue weighted by molar-refractivity contribution is 8.00. The first-order valence-electron chi connectivity index (χ1n) is 10.8. The van der Waals surface area contributed by atoms with Crippen LogP contribution in [0.15, 0.2) is 29.4 Å². The molecule has 0 bridgehead atoms. The van der Waals surface area contributed by atoms with Crippen LogP contribution >= 0.6 is 23.4 Å². The molecule has 2 heterocycles. The molecule has 1 unspecified atom stereocenters. The van der Waals surface area contributed by atoms with Gasteiger partial charge >= 0.3 is 6.03 Å². The first-order valence-corrected chi connectivity index (χ1v) is 12.0. The summed E-state index contributed by atoms with van der Waals surface area (Å²) in [5, 5.41) is 14.7. The van der Waals surface area contributed by atoms with Crippen molar-refractivity contribution in [2.24, 2.45) is 0 Å². The zero-order chi connectivity index (χ0) is 21.8. The fraction of sp³-hybridized carbons (Fsp3) is 0.524. The first kappa shape index (κ1) is 22.0. The van der Waals surface area contributed by atoms with Crippen molar-refractivity contribution in [3.8, 4) is 5.69 Å². The van der Waals surface area contributed by atoms with E-state index in [0.717, 1.165) is 63.3 Å². The Morgan fingerprint density at radius 1 is 1.13 bits per heavy atom. The van der Waals surface area contributed by atoms with Crippen molar-refractivity contribution in [1.29, 1.82) is 0 Å². The molecule has 166 valence electrons. The van der Waals surface area contributed by atoms with Crippen LogP contribution in [0, 0.1) is 0 Å². The minimum Gasteiger partial charge on any atom is -0.341 e. The molecule has 1 atom stereocenters. The lowest BCUT2D eigenvalue weighted by Gasteiger charge is -2.20. The third kappa shape index (κ3) is 5.15. The van der Waals surface area contributed by atoms with Crippen molar-refractivity contribution in [3.63, 3.8) is 0 Å². The second-order valence-electron chi connectivity index (χ2n) is 7.97. The molecular weight excluding hydrogens is 436 g/mol. The monoisotopic (exact) mass is 462 g/mol. The number of nitrogens with one attached hydrogen (secondary N) is 2. The maximum Gasteiger partial charge on any atom is 0.321 e. The maximum absolute atomic E-state index is 12.6. The molecule has 0 spiro atoms. The van der Waals surface area contributed by atoms with Gasteiger partial charge in [0.2, 0.25) is 11.9 Å². The van der Waals surface area contributed by atoms with Crippen molar-refractivity contribution < 1.29 is 9.59 Å². The molecule has 0 radical (unpaired) electrons. The van der Waals surface area contributed by atoms with E-state index < -0.39 is 11.3 Å². The summed E-state index contributed by atoms with van der Waals surface area (Å²) in [6.45, 7) is 3.57.